The number of anilines is 1. The minimum absolute atomic E-state index is 0.563. The zero-order valence-corrected chi connectivity index (χ0v) is 14.6. The Hall–Kier alpha value is -1.71. The van der Waals surface area contributed by atoms with Crippen LogP contribution in [0.15, 0.2) is 53.6 Å². The summed E-state index contributed by atoms with van der Waals surface area (Å²) in [6.07, 6.45) is 0. The molecule has 0 saturated carbocycles. The predicted octanol–water partition coefficient (Wildman–Crippen LogP) is 4.54. The van der Waals surface area contributed by atoms with Gasteiger partial charge >= 0.3 is 0 Å². The molecule has 0 aliphatic carbocycles. The van der Waals surface area contributed by atoms with Gasteiger partial charge in [-0.05, 0) is 36.8 Å². The van der Waals surface area contributed by atoms with E-state index in [4.69, 9.17) is 28.3 Å². The van der Waals surface area contributed by atoms with Crippen molar-refractivity contribution in [3.63, 3.8) is 0 Å². The summed E-state index contributed by atoms with van der Waals surface area (Å²) in [5.74, 6) is 0. The maximum atomic E-state index is 6.08. The molecule has 0 unspecified atom stereocenters. The third-order valence-corrected chi connectivity index (χ3v) is 4.75. The highest BCUT2D eigenvalue weighted by atomic mass is 35.5. The molecule has 0 aromatic heterocycles. The van der Waals surface area contributed by atoms with Crippen LogP contribution in [0.2, 0.25) is 10.0 Å². The zero-order chi connectivity index (χ0) is 16.2. The van der Waals surface area contributed by atoms with Crippen LogP contribution in [0.1, 0.15) is 12.5 Å². The fourth-order valence-electron chi connectivity index (χ4n) is 2.68. The molecule has 1 aliphatic heterocycles. The molecule has 1 heterocycles. The lowest BCUT2D eigenvalue weighted by Gasteiger charge is -2.34. The van der Waals surface area contributed by atoms with Crippen molar-refractivity contribution in [2.24, 2.45) is 5.10 Å². The van der Waals surface area contributed by atoms with E-state index in [0.717, 1.165) is 37.5 Å². The molecule has 1 fully saturated rings. The Balaban J connectivity index is 1.64. The second-order valence-corrected chi connectivity index (χ2v) is 6.40. The van der Waals surface area contributed by atoms with Gasteiger partial charge in [0.2, 0.25) is 0 Å². The van der Waals surface area contributed by atoms with Crippen molar-refractivity contribution in [3.05, 3.63) is 64.1 Å². The van der Waals surface area contributed by atoms with Gasteiger partial charge in [-0.2, -0.15) is 5.10 Å². The van der Waals surface area contributed by atoms with E-state index in [1.165, 1.54) is 5.69 Å². The lowest BCUT2D eigenvalue weighted by Crippen LogP contribution is -2.44. The third-order valence-electron chi connectivity index (χ3n) is 4.01. The molecule has 23 heavy (non-hydrogen) atoms. The molecule has 0 amide bonds. The molecular formula is C18H19Cl2N3. The summed E-state index contributed by atoms with van der Waals surface area (Å²) in [6, 6.07) is 16.1. The first kappa shape index (κ1) is 16.2. The molecule has 1 aliphatic rings. The highest BCUT2D eigenvalue weighted by Gasteiger charge is 2.16. The molecule has 0 atom stereocenters. The van der Waals surface area contributed by atoms with Crippen LogP contribution < -0.4 is 4.90 Å². The average molecular weight is 348 g/mol. The molecular weight excluding hydrogens is 329 g/mol. The number of rotatable bonds is 3. The van der Waals surface area contributed by atoms with Crippen LogP contribution in [0.3, 0.4) is 0 Å². The van der Waals surface area contributed by atoms with Crippen LogP contribution in [-0.4, -0.2) is 36.9 Å². The first-order valence-corrected chi connectivity index (χ1v) is 8.44. The fraction of sp³-hybridized carbons (Fsp3) is 0.278. The Kier molecular flexibility index (Phi) is 5.09. The average Bonchev–Trinajstić information content (AvgIpc) is 2.59. The summed E-state index contributed by atoms with van der Waals surface area (Å²) < 4.78 is 0. The molecule has 0 bridgehead atoms. The number of nitrogens with zero attached hydrogens (tertiary/aromatic N) is 3. The fourth-order valence-corrected chi connectivity index (χ4v) is 2.98. The molecule has 3 nitrogen and oxygen atoms in total. The predicted molar refractivity (Wildman–Crippen MR) is 98.9 cm³/mol. The lowest BCUT2D eigenvalue weighted by molar-refractivity contribution is 0.270. The van der Waals surface area contributed by atoms with Crippen LogP contribution >= 0.6 is 23.2 Å². The van der Waals surface area contributed by atoms with Crippen molar-refractivity contribution >= 4 is 34.6 Å². The maximum Gasteiger partial charge on any atom is 0.0647 e. The highest BCUT2D eigenvalue weighted by molar-refractivity contribution is 6.42. The normalized spacial score (nSPS) is 15.9. The summed E-state index contributed by atoms with van der Waals surface area (Å²) in [4.78, 5) is 2.39. The molecule has 2 aromatic rings. The van der Waals surface area contributed by atoms with Crippen LogP contribution in [0.5, 0.6) is 0 Å². The number of hydrogen-bond acceptors (Lipinski definition) is 3. The van der Waals surface area contributed by atoms with Crippen molar-refractivity contribution < 1.29 is 0 Å². The second-order valence-electron chi connectivity index (χ2n) is 5.59. The second kappa shape index (κ2) is 7.24. The number of benzene rings is 2. The van der Waals surface area contributed by atoms with Gasteiger partial charge in [0.1, 0.15) is 0 Å². The Morgan fingerprint density at radius 3 is 2.26 bits per heavy atom. The number of piperazine rings is 1. The maximum absolute atomic E-state index is 6.08. The summed E-state index contributed by atoms with van der Waals surface area (Å²) in [7, 11) is 0. The largest absolute Gasteiger partial charge is 0.368 e. The minimum Gasteiger partial charge on any atom is -0.368 e. The monoisotopic (exact) mass is 347 g/mol. The van der Waals surface area contributed by atoms with Crippen molar-refractivity contribution in [2.45, 2.75) is 6.92 Å². The van der Waals surface area contributed by atoms with E-state index in [0.29, 0.717) is 10.0 Å². The number of hydrogen-bond donors (Lipinski definition) is 0. The van der Waals surface area contributed by atoms with Crippen LogP contribution in [0.25, 0.3) is 0 Å². The van der Waals surface area contributed by atoms with E-state index in [1.807, 2.05) is 31.2 Å². The van der Waals surface area contributed by atoms with Gasteiger partial charge in [-0.25, -0.2) is 0 Å². The van der Waals surface area contributed by atoms with Gasteiger partial charge in [0.05, 0.1) is 28.8 Å². The Morgan fingerprint density at radius 1 is 0.913 bits per heavy atom. The minimum atomic E-state index is 0.563. The van der Waals surface area contributed by atoms with Gasteiger partial charge in [0.15, 0.2) is 0 Å². The number of halogens is 2. The number of para-hydroxylation sites is 1. The zero-order valence-electron chi connectivity index (χ0n) is 13.0. The molecule has 3 rings (SSSR count). The SMILES string of the molecule is CC(=NN1CCN(c2ccccc2)CC1)c1ccc(Cl)c(Cl)c1. The quantitative estimate of drug-likeness (QED) is 0.759. The van der Waals surface area contributed by atoms with Crippen molar-refractivity contribution in [3.8, 4) is 0 Å². The van der Waals surface area contributed by atoms with Crippen LogP contribution in [-0.2, 0) is 0 Å². The van der Waals surface area contributed by atoms with E-state index < -0.39 is 0 Å². The topological polar surface area (TPSA) is 18.8 Å². The highest BCUT2D eigenvalue weighted by Crippen LogP contribution is 2.23. The van der Waals surface area contributed by atoms with E-state index in [-0.39, 0.29) is 0 Å². The van der Waals surface area contributed by atoms with E-state index in [1.54, 1.807) is 0 Å². The molecule has 120 valence electrons. The Labute approximate surface area is 147 Å². The third kappa shape index (κ3) is 3.98. The standard InChI is InChI=1S/C18H19Cl2N3/c1-14(15-7-8-17(19)18(20)13-15)21-23-11-9-22(10-12-23)16-5-3-2-4-6-16/h2-8,13H,9-12H2,1H3. The first-order chi connectivity index (χ1) is 11.1. The summed E-state index contributed by atoms with van der Waals surface area (Å²) in [5.41, 5.74) is 3.24. The molecule has 5 heteroatoms. The number of hydrazone groups is 1. The Bertz CT molecular complexity index is 693. The van der Waals surface area contributed by atoms with Gasteiger partial charge in [-0.15, -0.1) is 0 Å². The Morgan fingerprint density at radius 2 is 1.61 bits per heavy atom. The van der Waals surface area contributed by atoms with Crippen molar-refractivity contribution in [1.82, 2.24) is 5.01 Å². The van der Waals surface area contributed by atoms with Gasteiger partial charge in [-0.3, -0.25) is 5.01 Å². The van der Waals surface area contributed by atoms with Gasteiger partial charge in [0.25, 0.3) is 0 Å². The molecule has 2 aromatic carbocycles. The molecule has 0 N–H and O–H groups in total. The van der Waals surface area contributed by atoms with E-state index in [9.17, 15) is 0 Å². The van der Waals surface area contributed by atoms with E-state index >= 15 is 0 Å². The van der Waals surface area contributed by atoms with Crippen molar-refractivity contribution in [2.75, 3.05) is 31.1 Å². The molecule has 0 spiro atoms. The summed E-state index contributed by atoms with van der Waals surface area (Å²) in [6.45, 7) is 5.77. The first-order valence-electron chi connectivity index (χ1n) is 7.69. The van der Waals surface area contributed by atoms with Gasteiger partial charge in [-0.1, -0.05) is 47.5 Å². The molecule has 0 radical (unpaired) electrons. The van der Waals surface area contributed by atoms with Crippen LogP contribution in [0, 0.1) is 0 Å². The van der Waals surface area contributed by atoms with Gasteiger partial charge < -0.3 is 4.90 Å². The summed E-state index contributed by atoms with van der Waals surface area (Å²) in [5, 5.41) is 7.98. The van der Waals surface area contributed by atoms with Crippen LogP contribution in [0.4, 0.5) is 5.69 Å². The summed E-state index contributed by atoms with van der Waals surface area (Å²) >= 11 is 12.0. The van der Waals surface area contributed by atoms with E-state index in [2.05, 4.69) is 34.2 Å². The van der Waals surface area contributed by atoms with Gasteiger partial charge in [0, 0.05) is 18.8 Å². The smallest absolute Gasteiger partial charge is 0.0647 e. The molecule has 1 saturated heterocycles. The van der Waals surface area contributed by atoms with Crippen molar-refractivity contribution in [1.29, 1.82) is 0 Å². The lowest BCUT2D eigenvalue weighted by atomic mass is 10.1.